The summed E-state index contributed by atoms with van der Waals surface area (Å²) < 4.78 is 10.5. The smallest absolute Gasteiger partial charge is 0.191 e. The Labute approximate surface area is 159 Å². The van der Waals surface area contributed by atoms with Crippen molar-refractivity contribution in [1.29, 1.82) is 0 Å². The zero-order valence-corrected chi connectivity index (χ0v) is 17.1. The molecule has 0 amide bonds. The van der Waals surface area contributed by atoms with E-state index in [1.807, 2.05) is 0 Å². The molecular weight excluding hydrogens is 328 g/mol. The maximum absolute atomic E-state index is 5.39. The third kappa shape index (κ3) is 9.06. The van der Waals surface area contributed by atoms with Crippen LogP contribution in [0.5, 0.6) is 5.75 Å². The van der Waals surface area contributed by atoms with E-state index < -0.39 is 0 Å². The summed E-state index contributed by atoms with van der Waals surface area (Å²) >= 11 is 0. The second kappa shape index (κ2) is 13.4. The van der Waals surface area contributed by atoms with Crippen LogP contribution in [0.15, 0.2) is 23.2 Å². The standard InChI is InChI=1S/C20H36N4O2/c1-6-21-20(22-11-7-13-24(3)14-15-25-4)23-12-10-18-9-8-17(2)19(16-18)26-5/h8-9,16H,6-7,10-15H2,1-5H3,(H2,21,22,23). The van der Waals surface area contributed by atoms with Crippen molar-refractivity contribution >= 4 is 5.96 Å². The number of guanidine groups is 1. The Morgan fingerprint density at radius 1 is 1.19 bits per heavy atom. The molecule has 0 fully saturated rings. The number of benzene rings is 1. The highest BCUT2D eigenvalue weighted by Crippen LogP contribution is 2.18. The van der Waals surface area contributed by atoms with E-state index in [0.717, 1.165) is 69.4 Å². The zero-order chi connectivity index (χ0) is 19.2. The lowest BCUT2D eigenvalue weighted by molar-refractivity contribution is 0.161. The van der Waals surface area contributed by atoms with Crippen molar-refractivity contribution in [2.45, 2.75) is 26.7 Å². The highest BCUT2D eigenvalue weighted by atomic mass is 16.5. The fourth-order valence-electron chi connectivity index (χ4n) is 2.58. The number of hydrogen-bond donors (Lipinski definition) is 2. The van der Waals surface area contributed by atoms with Crippen LogP contribution in [0.2, 0.25) is 0 Å². The predicted molar refractivity (Wildman–Crippen MR) is 109 cm³/mol. The van der Waals surface area contributed by atoms with Crippen LogP contribution in [0, 0.1) is 6.92 Å². The Morgan fingerprint density at radius 2 is 2.00 bits per heavy atom. The molecule has 1 aromatic carbocycles. The van der Waals surface area contributed by atoms with Gasteiger partial charge in [-0.3, -0.25) is 4.99 Å². The highest BCUT2D eigenvalue weighted by Gasteiger charge is 2.02. The lowest BCUT2D eigenvalue weighted by Gasteiger charge is -2.15. The Bertz CT molecular complexity index is 535. The molecule has 0 bridgehead atoms. The van der Waals surface area contributed by atoms with Crippen molar-refractivity contribution in [1.82, 2.24) is 15.5 Å². The van der Waals surface area contributed by atoms with Crippen molar-refractivity contribution in [3.8, 4) is 5.75 Å². The molecule has 1 aromatic rings. The largest absolute Gasteiger partial charge is 0.496 e. The van der Waals surface area contributed by atoms with Crippen LogP contribution in [0.3, 0.4) is 0 Å². The average Bonchev–Trinajstić information content (AvgIpc) is 2.64. The Kier molecular flexibility index (Phi) is 11.5. The Morgan fingerprint density at radius 3 is 2.69 bits per heavy atom. The summed E-state index contributed by atoms with van der Waals surface area (Å²) in [5.74, 6) is 1.83. The first-order valence-corrected chi connectivity index (χ1v) is 9.43. The van der Waals surface area contributed by atoms with Gasteiger partial charge in [-0.2, -0.15) is 0 Å². The summed E-state index contributed by atoms with van der Waals surface area (Å²) in [5, 5.41) is 6.71. The van der Waals surface area contributed by atoms with Gasteiger partial charge < -0.3 is 25.0 Å². The number of nitrogens with one attached hydrogen (secondary N) is 2. The van der Waals surface area contributed by atoms with E-state index in [9.17, 15) is 0 Å². The summed E-state index contributed by atoms with van der Waals surface area (Å²) in [6.45, 7) is 9.40. The van der Waals surface area contributed by atoms with E-state index in [2.05, 4.69) is 59.6 Å². The van der Waals surface area contributed by atoms with E-state index in [0.29, 0.717) is 0 Å². The summed E-state index contributed by atoms with van der Waals surface area (Å²) in [4.78, 5) is 6.92. The number of ether oxygens (including phenoxy) is 2. The lowest BCUT2D eigenvalue weighted by atomic mass is 10.1. The molecule has 0 atom stereocenters. The first-order valence-electron chi connectivity index (χ1n) is 9.43. The Hall–Kier alpha value is -1.79. The van der Waals surface area contributed by atoms with Crippen molar-refractivity contribution in [3.63, 3.8) is 0 Å². The van der Waals surface area contributed by atoms with E-state index in [1.54, 1.807) is 14.2 Å². The minimum atomic E-state index is 0.772. The van der Waals surface area contributed by atoms with Gasteiger partial charge in [0.05, 0.1) is 13.7 Å². The second-order valence-electron chi connectivity index (χ2n) is 6.39. The molecule has 0 radical (unpaired) electrons. The molecule has 6 heteroatoms. The normalized spacial score (nSPS) is 11.7. The van der Waals surface area contributed by atoms with Crippen molar-refractivity contribution < 1.29 is 9.47 Å². The quantitative estimate of drug-likeness (QED) is 0.338. The van der Waals surface area contributed by atoms with Gasteiger partial charge in [0.2, 0.25) is 0 Å². The maximum atomic E-state index is 5.39. The van der Waals surface area contributed by atoms with Crippen molar-refractivity contribution in [3.05, 3.63) is 29.3 Å². The number of aliphatic imine (C=N–C) groups is 1. The number of nitrogens with zero attached hydrogens (tertiary/aromatic N) is 2. The molecule has 148 valence electrons. The van der Waals surface area contributed by atoms with Gasteiger partial charge in [-0.05, 0) is 57.5 Å². The molecule has 1 rings (SSSR count). The molecule has 2 N–H and O–H groups in total. The van der Waals surface area contributed by atoms with E-state index >= 15 is 0 Å². The van der Waals surface area contributed by atoms with Gasteiger partial charge in [0.25, 0.3) is 0 Å². The SMILES string of the molecule is CCNC(=NCCCN(C)CCOC)NCCc1ccc(C)c(OC)c1. The van der Waals surface area contributed by atoms with Gasteiger partial charge in [-0.1, -0.05) is 12.1 Å². The van der Waals surface area contributed by atoms with Crippen LogP contribution in [-0.4, -0.2) is 71.5 Å². The van der Waals surface area contributed by atoms with Crippen molar-refractivity contribution in [2.24, 2.45) is 4.99 Å². The monoisotopic (exact) mass is 364 g/mol. The van der Waals surface area contributed by atoms with Crippen LogP contribution in [0.1, 0.15) is 24.5 Å². The third-order valence-corrected chi connectivity index (χ3v) is 4.17. The van der Waals surface area contributed by atoms with E-state index in [-0.39, 0.29) is 0 Å². The fraction of sp³-hybridized carbons (Fsp3) is 0.650. The minimum absolute atomic E-state index is 0.772. The first-order chi connectivity index (χ1) is 12.6. The van der Waals surface area contributed by atoms with Crippen LogP contribution in [0.25, 0.3) is 0 Å². The molecule has 0 saturated carbocycles. The molecule has 0 aliphatic carbocycles. The van der Waals surface area contributed by atoms with Gasteiger partial charge in [-0.25, -0.2) is 0 Å². The molecule has 0 saturated heterocycles. The molecule has 0 aliphatic heterocycles. The molecule has 0 aliphatic rings. The lowest BCUT2D eigenvalue weighted by Crippen LogP contribution is -2.38. The van der Waals surface area contributed by atoms with Crippen LogP contribution in [-0.2, 0) is 11.2 Å². The van der Waals surface area contributed by atoms with Gasteiger partial charge in [0.15, 0.2) is 5.96 Å². The summed E-state index contributed by atoms with van der Waals surface area (Å²) in [6, 6.07) is 6.37. The molecule has 26 heavy (non-hydrogen) atoms. The first kappa shape index (κ1) is 22.3. The molecule has 0 heterocycles. The molecule has 0 unspecified atom stereocenters. The number of methoxy groups -OCH3 is 2. The summed E-state index contributed by atoms with van der Waals surface area (Å²) in [7, 11) is 5.56. The van der Waals surface area contributed by atoms with Gasteiger partial charge >= 0.3 is 0 Å². The molecule has 0 spiro atoms. The summed E-state index contributed by atoms with van der Waals surface area (Å²) in [6.07, 6.45) is 1.97. The van der Waals surface area contributed by atoms with Gasteiger partial charge in [0, 0.05) is 33.3 Å². The number of hydrogen-bond acceptors (Lipinski definition) is 4. The van der Waals surface area contributed by atoms with E-state index in [1.165, 1.54) is 5.56 Å². The molecule has 0 aromatic heterocycles. The van der Waals surface area contributed by atoms with Gasteiger partial charge in [-0.15, -0.1) is 0 Å². The van der Waals surface area contributed by atoms with Crippen LogP contribution in [0.4, 0.5) is 0 Å². The number of likely N-dealkylation sites (N-methyl/N-ethyl adjacent to an activating group) is 1. The van der Waals surface area contributed by atoms with Crippen molar-refractivity contribution in [2.75, 3.05) is 60.6 Å². The van der Waals surface area contributed by atoms with Gasteiger partial charge in [0.1, 0.15) is 5.75 Å². The molecule has 6 nitrogen and oxygen atoms in total. The second-order valence-corrected chi connectivity index (χ2v) is 6.39. The third-order valence-electron chi connectivity index (χ3n) is 4.17. The average molecular weight is 365 g/mol. The number of rotatable bonds is 12. The highest BCUT2D eigenvalue weighted by molar-refractivity contribution is 5.79. The molecular formula is C20H36N4O2. The minimum Gasteiger partial charge on any atom is -0.496 e. The predicted octanol–water partition coefficient (Wildman–Crippen LogP) is 2.07. The van der Waals surface area contributed by atoms with E-state index in [4.69, 9.17) is 9.47 Å². The van der Waals surface area contributed by atoms with Crippen LogP contribution >= 0.6 is 0 Å². The van der Waals surface area contributed by atoms with Crippen LogP contribution < -0.4 is 15.4 Å². The fourth-order valence-corrected chi connectivity index (χ4v) is 2.58. The maximum Gasteiger partial charge on any atom is 0.191 e. The number of aryl methyl sites for hydroxylation is 1. The summed E-state index contributed by atoms with van der Waals surface area (Å²) in [5.41, 5.74) is 2.42. The topological polar surface area (TPSA) is 58.1 Å². The zero-order valence-electron chi connectivity index (χ0n) is 17.1. The Balaban J connectivity index is 2.37.